The SMILES string of the molecule is CS(=O)(=O)c1ccc2nc(NC(=O)/C(C#N)=C/c3cccn3-c3ccc(Cl)c(Cl)c3)sc2c1. The molecule has 0 aliphatic heterocycles. The number of nitriles is 1. The molecule has 0 radical (unpaired) electrons. The lowest BCUT2D eigenvalue weighted by molar-refractivity contribution is -0.112. The molecule has 0 bridgehead atoms. The van der Waals surface area contributed by atoms with Crippen LogP contribution in [0.15, 0.2) is 65.2 Å². The van der Waals surface area contributed by atoms with Gasteiger partial charge in [-0.25, -0.2) is 13.4 Å². The van der Waals surface area contributed by atoms with E-state index in [4.69, 9.17) is 23.2 Å². The third kappa shape index (κ3) is 4.94. The fourth-order valence-electron chi connectivity index (χ4n) is 3.03. The average molecular weight is 517 g/mol. The molecular formula is C22H14Cl2N4O3S2. The van der Waals surface area contributed by atoms with E-state index in [-0.39, 0.29) is 15.6 Å². The number of anilines is 1. The summed E-state index contributed by atoms with van der Waals surface area (Å²) in [6, 6.07) is 15.1. The first kappa shape index (κ1) is 23.0. The number of carbonyl (C=O) groups excluding carboxylic acids is 1. The van der Waals surface area contributed by atoms with E-state index in [1.165, 1.54) is 18.2 Å². The Balaban J connectivity index is 1.61. The van der Waals surface area contributed by atoms with Gasteiger partial charge in [-0.3, -0.25) is 10.1 Å². The summed E-state index contributed by atoms with van der Waals surface area (Å²) in [4.78, 5) is 17.2. The number of halogens is 2. The van der Waals surface area contributed by atoms with Crippen molar-refractivity contribution >= 4 is 71.7 Å². The van der Waals surface area contributed by atoms with Crippen molar-refractivity contribution < 1.29 is 13.2 Å². The van der Waals surface area contributed by atoms with Crippen molar-refractivity contribution in [2.45, 2.75) is 4.90 Å². The maximum absolute atomic E-state index is 12.7. The second-order valence-electron chi connectivity index (χ2n) is 6.95. The van der Waals surface area contributed by atoms with E-state index < -0.39 is 15.7 Å². The molecule has 33 heavy (non-hydrogen) atoms. The summed E-state index contributed by atoms with van der Waals surface area (Å²) in [6.07, 6.45) is 4.34. The fourth-order valence-corrected chi connectivity index (χ4v) is 4.95. The Morgan fingerprint density at radius 1 is 1.18 bits per heavy atom. The molecule has 0 aliphatic rings. The van der Waals surface area contributed by atoms with Crippen molar-refractivity contribution in [3.05, 3.63) is 76.0 Å². The lowest BCUT2D eigenvalue weighted by Crippen LogP contribution is -2.13. The zero-order valence-corrected chi connectivity index (χ0v) is 20.1. The summed E-state index contributed by atoms with van der Waals surface area (Å²) >= 11 is 13.2. The van der Waals surface area contributed by atoms with Crippen LogP contribution in [0, 0.1) is 11.3 Å². The van der Waals surface area contributed by atoms with Gasteiger partial charge in [0.05, 0.1) is 25.2 Å². The van der Waals surface area contributed by atoms with Gasteiger partial charge >= 0.3 is 0 Å². The summed E-state index contributed by atoms with van der Waals surface area (Å²) in [5.74, 6) is -0.637. The molecule has 7 nitrogen and oxygen atoms in total. The Labute approximate surface area is 203 Å². The molecular weight excluding hydrogens is 503 g/mol. The standard InChI is InChI=1S/C22H14Cl2N4O3S2/c1-33(30,31)16-5-7-19-20(11-16)32-22(26-19)27-21(29)13(12-25)9-14-3-2-8-28(14)15-4-6-17(23)18(24)10-15/h2-11H,1H3,(H,26,27,29)/b13-9+. The van der Waals surface area contributed by atoms with E-state index in [1.807, 2.05) is 6.07 Å². The molecule has 0 aliphatic carbocycles. The van der Waals surface area contributed by atoms with Gasteiger partial charge in [0, 0.05) is 23.8 Å². The highest BCUT2D eigenvalue weighted by atomic mass is 35.5. The van der Waals surface area contributed by atoms with Crippen LogP contribution in [0.3, 0.4) is 0 Å². The minimum absolute atomic E-state index is 0.133. The molecule has 0 saturated heterocycles. The van der Waals surface area contributed by atoms with Crippen LogP contribution in [0.2, 0.25) is 10.0 Å². The number of carbonyl (C=O) groups is 1. The van der Waals surface area contributed by atoms with Gasteiger partial charge in [0.2, 0.25) is 0 Å². The number of nitrogens with zero attached hydrogens (tertiary/aromatic N) is 3. The minimum Gasteiger partial charge on any atom is -0.317 e. The number of sulfone groups is 1. The van der Waals surface area contributed by atoms with Crippen LogP contribution >= 0.6 is 34.5 Å². The van der Waals surface area contributed by atoms with Gasteiger partial charge in [0.1, 0.15) is 11.6 Å². The molecule has 0 spiro atoms. The van der Waals surface area contributed by atoms with Gasteiger partial charge in [-0.05, 0) is 54.6 Å². The van der Waals surface area contributed by atoms with Gasteiger partial charge in [0.15, 0.2) is 15.0 Å². The van der Waals surface area contributed by atoms with Gasteiger partial charge < -0.3 is 4.57 Å². The van der Waals surface area contributed by atoms with Crippen LogP contribution in [0.1, 0.15) is 5.69 Å². The van der Waals surface area contributed by atoms with Crippen molar-refractivity contribution in [2.75, 3.05) is 11.6 Å². The summed E-state index contributed by atoms with van der Waals surface area (Å²) in [5, 5.41) is 13.2. The minimum atomic E-state index is -3.37. The van der Waals surface area contributed by atoms with E-state index in [0.29, 0.717) is 31.6 Å². The predicted octanol–water partition coefficient (Wildman–Crippen LogP) is 5.34. The molecule has 4 rings (SSSR count). The third-order valence-electron chi connectivity index (χ3n) is 4.63. The van der Waals surface area contributed by atoms with E-state index in [1.54, 1.807) is 47.2 Å². The summed E-state index contributed by atoms with van der Waals surface area (Å²) in [7, 11) is -3.37. The van der Waals surface area contributed by atoms with Gasteiger partial charge in [-0.2, -0.15) is 5.26 Å². The third-order valence-corrected chi connectivity index (χ3v) is 7.41. The van der Waals surface area contributed by atoms with E-state index in [0.717, 1.165) is 17.6 Å². The number of rotatable bonds is 5. The Bertz CT molecular complexity index is 1580. The average Bonchev–Trinajstić information content (AvgIpc) is 3.38. The molecule has 166 valence electrons. The normalized spacial score (nSPS) is 12.0. The zero-order valence-electron chi connectivity index (χ0n) is 16.9. The highest BCUT2D eigenvalue weighted by Crippen LogP contribution is 2.29. The number of aromatic nitrogens is 2. The second kappa shape index (κ2) is 9.00. The molecule has 1 amide bonds. The van der Waals surface area contributed by atoms with Crippen molar-refractivity contribution in [3.8, 4) is 11.8 Å². The molecule has 0 saturated carbocycles. The summed E-state index contributed by atoms with van der Waals surface area (Å²) < 4.78 is 25.9. The maximum Gasteiger partial charge on any atom is 0.268 e. The zero-order chi connectivity index (χ0) is 23.8. The first-order valence-corrected chi connectivity index (χ1v) is 12.8. The monoisotopic (exact) mass is 516 g/mol. The first-order chi connectivity index (χ1) is 15.7. The molecule has 11 heteroatoms. The van der Waals surface area contributed by atoms with Crippen LogP contribution in [0.25, 0.3) is 22.0 Å². The van der Waals surface area contributed by atoms with Crippen molar-refractivity contribution in [3.63, 3.8) is 0 Å². The quantitative estimate of drug-likeness (QED) is 0.284. The van der Waals surface area contributed by atoms with E-state index >= 15 is 0 Å². The van der Waals surface area contributed by atoms with Crippen molar-refractivity contribution in [1.82, 2.24) is 9.55 Å². The molecule has 4 aromatic rings. The number of hydrogen-bond acceptors (Lipinski definition) is 6. The van der Waals surface area contributed by atoms with Crippen LogP contribution < -0.4 is 5.32 Å². The summed E-state index contributed by atoms with van der Waals surface area (Å²) in [5.41, 5.74) is 1.71. The van der Waals surface area contributed by atoms with Crippen molar-refractivity contribution in [2.24, 2.45) is 0 Å². The number of benzene rings is 2. The molecule has 2 aromatic carbocycles. The lowest BCUT2D eigenvalue weighted by atomic mass is 10.2. The molecule has 0 atom stereocenters. The van der Waals surface area contributed by atoms with E-state index in [2.05, 4.69) is 10.3 Å². The van der Waals surface area contributed by atoms with Gasteiger partial charge in [-0.15, -0.1) is 0 Å². The topological polar surface area (TPSA) is 105 Å². The highest BCUT2D eigenvalue weighted by molar-refractivity contribution is 7.90. The maximum atomic E-state index is 12.7. The number of amides is 1. The van der Waals surface area contributed by atoms with Crippen LogP contribution in [-0.4, -0.2) is 30.1 Å². The number of fused-ring (bicyclic) bond motifs is 1. The largest absolute Gasteiger partial charge is 0.317 e. The fraction of sp³-hybridized carbons (Fsp3) is 0.0455. The molecule has 2 heterocycles. The van der Waals surface area contributed by atoms with Crippen LogP contribution in [-0.2, 0) is 14.6 Å². The van der Waals surface area contributed by atoms with Gasteiger partial charge in [0.25, 0.3) is 5.91 Å². The molecule has 0 unspecified atom stereocenters. The Hall–Kier alpha value is -3.16. The Morgan fingerprint density at radius 3 is 2.67 bits per heavy atom. The Kier molecular flexibility index (Phi) is 6.28. The number of thiazole rings is 1. The predicted molar refractivity (Wildman–Crippen MR) is 131 cm³/mol. The lowest BCUT2D eigenvalue weighted by Gasteiger charge is -2.08. The molecule has 2 aromatic heterocycles. The smallest absolute Gasteiger partial charge is 0.268 e. The van der Waals surface area contributed by atoms with E-state index in [9.17, 15) is 18.5 Å². The van der Waals surface area contributed by atoms with Gasteiger partial charge in [-0.1, -0.05) is 34.5 Å². The number of nitrogens with one attached hydrogen (secondary N) is 1. The molecule has 1 N–H and O–H groups in total. The highest BCUT2D eigenvalue weighted by Gasteiger charge is 2.15. The van der Waals surface area contributed by atoms with Crippen LogP contribution in [0.5, 0.6) is 0 Å². The van der Waals surface area contributed by atoms with Crippen LogP contribution in [0.4, 0.5) is 5.13 Å². The van der Waals surface area contributed by atoms with Crippen molar-refractivity contribution in [1.29, 1.82) is 5.26 Å². The number of hydrogen-bond donors (Lipinski definition) is 1. The summed E-state index contributed by atoms with van der Waals surface area (Å²) in [6.45, 7) is 0. The second-order valence-corrected chi connectivity index (χ2v) is 10.8. The molecule has 0 fully saturated rings. The first-order valence-electron chi connectivity index (χ1n) is 9.32. The Morgan fingerprint density at radius 2 is 1.97 bits per heavy atom.